The summed E-state index contributed by atoms with van der Waals surface area (Å²) >= 11 is 0. The third kappa shape index (κ3) is 3.53. The Balaban J connectivity index is 2.88. The first-order chi connectivity index (χ1) is 8.10. The van der Waals surface area contributed by atoms with Crippen LogP contribution in [0.4, 0.5) is 0 Å². The minimum absolute atomic E-state index is 0.418. The molecule has 4 heteroatoms. The largest absolute Gasteiger partial charge is 0.390 e. The summed E-state index contributed by atoms with van der Waals surface area (Å²) in [5.41, 5.74) is 1.87. The van der Waals surface area contributed by atoms with Gasteiger partial charge >= 0.3 is 0 Å². The number of rotatable bonds is 5. The highest BCUT2D eigenvalue weighted by Gasteiger charge is 2.20. The van der Waals surface area contributed by atoms with Gasteiger partial charge in [0.05, 0.1) is 17.7 Å². The molecule has 0 radical (unpaired) electrons. The molecule has 0 aliphatic carbocycles. The number of aryl methyl sites for hydroxylation is 1. The van der Waals surface area contributed by atoms with Crippen molar-refractivity contribution in [2.75, 3.05) is 13.6 Å². The summed E-state index contributed by atoms with van der Waals surface area (Å²) in [5.74, 6) is 0. The van der Waals surface area contributed by atoms with Crippen LogP contribution in [0.2, 0.25) is 0 Å². The average Bonchev–Trinajstić information content (AvgIpc) is 2.34. The number of nitrogens with one attached hydrogen (secondary N) is 1. The summed E-state index contributed by atoms with van der Waals surface area (Å²) in [5, 5.41) is 31.7. The third-order valence-corrected chi connectivity index (χ3v) is 2.70. The number of hydrogen-bond donors (Lipinski definition) is 3. The lowest BCUT2D eigenvalue weighted by Gasteiger charge is -2.19. The monoisotopic (exact) mass is 234 g/mol. The van der Waals surface area contributed by atoms with Crippen molar-refractivity contribution in [2.24, 2.45) is 0 Å². The van der Waals surface area contributed by atoms with Crippen molar-refractivity contribution in [1.29, 1.82) is 5.26 Å². The van der Waals surface area contributed by atoms with Crippen molar-refractivity contribution in [2.45, 2.75) is 25.6 Å². The van der Waals surface area contributed by atoms with Crippen molar-refractivity contribution in [3.63, 3.8) is 0 Å². The minimum Gasteiger partial charge on any atom is -0.390 e. The van der Waals surface area contributed by atoms with E-state index in [-0.39, 0.29) is 0 Å². The van der Waals surface area contributed by atoms with Crippen LogP contribution < -0.4 is 5.32 Å². The first kappa shape index (κ1) is 13.7. The van der Waals surface area contributed by atoms with Crippen LogP contribution in [0.5, 0.6) is 0 Å². The minimum atomic E-state index is -1.02. The van der Waals surface area contributed by atoms with E-state index in [2.05, 4.69) is 5.32 Å². The summed E-state index contributed by atoms with van der Waals surface area (Å²) in [6.45, 7) is 2.50. The van der Waals surface area contributed by atoms with Crippen LogP contribution >= 0.6 is 0 Å². The van der Waals surface area contributed by atoms with Crippen molar-refractivity contribution in [1.82, 2.24) is 5.32 Å². The standard InChI is InChI=1S/C13H18N2O2/c1-9-3-4-11(10(7-9)8-14)13(17)12(16)5-6-15-2/h3-4,7,12-13,15-17H,5-6H2,1-2H3. The van der Waals surface area contributed by atoms with Gasteiger partial charge in [-0.3, -0.25) is 0 Å². The van der Waals surface area contributed by atoms with Crippen LogP contribution in [0.3, 0.4) is 0 Å². The number of aliphatic hydroxyl groups excluding tert-OH is 2. The lowest BCUT2D eigenvalue weighted by atomic mass is 9.96. The molecule has 1 aromatic rings. The molecule has 0 spiro atoms. The smallest absolute Gasteiger partial charge is 0.106 e. The molecule has 17 heavy (non-hydrogen) atoms. The SMILES string of the molecule is CNCCC(O)C(O)c1ccc(C)cc1C#N. The fraction of sp³-hybridized carbons (Fsp3) is 0.462. The van der Waals surface area contributed by atoms with E-state index in [1.165, 1.54) is 0 Å². The van der Waals surface area contributed by atoms with Gasteiger partial charge in [0.15, 0.2) is 0 Å². The number of nitriles is 1. The number of aliphatic hydroxyl groups is 2. The van der Waals surface area contributed by atoms with Gasteiger partial charge < -0.3 is 15.5 Å². The summed E-state index contributed by atoms with van der Waals surface area (Å²) in [7, 11) is 1.78. The molecular formula is C13H18N2O2. The second kappa shape index (κ2) is 6.36. The summed E-state index contributed by atoms with van der Waals surface area (Å²) in [6, 6.07) is 7.27. The van der Waals surface area contributed by atoms with Crippen molar-refractivity contribution in [3.8, 4) is 6.07 Å². The summed E-state index contributed by atoms with van der Waals surface area (Å²) in [4.78, 5) is 0. The lowest BCUT2D eigenvalue weighted by Crippen LogP contribution is -2.23. The predicted octanol–water partition coefficient (Wildman–Crippen LogP) is 0.871. The number of nitrogens with zero attached hydrogens (tertiary/aromatic N) is 1. The van der Waals surface area contributed by atoms with E-state index in [0.29, 0.717) is 24.1 Å². The molecule has 0 heterocycles. The van der Waals surface area contributed by atoms with E-state index in [4.69, 9.17) is 5.26 Å². The Morgan fingerprint density at radius 2 is 2.12 bits per heavy atom. The number of hydrogen-bond acceptors (Lipinski definition) is 4. The Bertz CT molecular complexity index is 412. The highest BCUT2D eigenvalue weighted by atomic mass is 16.3. The molecule has 0 aromatic heterocycles. The van der Waals surface area contributed by atoms with E-state index in [1.807, 2.05) is 19.1 Å². The third-order valence-electron chi connectivity index (χ3n) is 2.70. The molecule has 0 bridgehead atoms. The van der Waals surface area contributed by atoms with Gasteiger partial charge in [-0.15, -0.1) is 0 Å². The molecule has 0 aliphatic rings. The predicted molar refractivity (Wildman–Crippen MR) is 65.4 cm³/mol. The Labute approximate surface area is 102 Å². The van der Waals surface area contributed by atoms with Crippen LogP contribution in [0.1, 0.15) is 29.2 Å². The van der Waals surface area contributed by atoms with Gasteiger partial charge in [-0.05, 0) is 38.6 Å². The molecule has 0 aliphatic heterocycles. The van der Waals surface area contributed by atoms with Crippen LogP contribution in [-0.2, 0) is 0 Å². The topological polar surface area (TPSA) is 76.3 Å². The molecule has 1 aromatic carbocycles. The normalized spacial score (nSPS) is 14.1. The molecule has 2 unspecified atom stereocenters. The zero-order valence-electron chi connectivity index (χ0n) is 10.1. The van der Waals surface area contributed by atoms with Crippen molar-refractivity contribution in [3.05, 3.63) is 34.9 Å². The highest BCUT2D eigenvalue weighted by Crippen LogP contribution is 2.23. The molecule has 0 saturated heterocycles. The second-order valence-electron chi connectivity index (χ2n) is 4.11. The molecule has 2 atom stereocenters. The van der Waals surface area contributed by atoms with Crippen LogP contribution in [-0.4, -0.2) is 29.9 Å². The van der Waals surface area contributed by atoms with Crippen molar-refractivity contribution < 1.29 is 10.2 Å². The lowest BCUT2D eigenvalue weighted by molar-refractivity contribution is 0.0139. The molecule has 0 amide bonds. The summed E-state index contributed by atoms with van der Waals surface area (Å²) < 4.78 is 0. The highest BCUT2D eigenvalue weighted by molar-refractivity contribution is 5.41. The average molecular weight is 234 g/mol. The molecule has 0 fully saturated rings. The molecule has 0 saturated carbocycles. The van der Waals surface area contributed by atoms with Crippen LogP contribution in [0, 0.1) is 18.3 Å². The Morgan fingerprint density at radius 3 is 2.71 bits per heavy atom. The molecule has 92 valence electrons. The van der Waals surface area contributed by atoms with Gasteiger partial charge in [0.1, 0.15) is 6.10 Å². The Hall–Kier alpha value is -1.41. The molecule has 3 N–H and O–H groups in total. The molecular weight excluding hydrogens is 216 g/mol. The fourth-order valence-corrected chi connectivity index (χ4v) is 1.68. The Kier molecular flexibility index (Phi) is 5.11. The van der Waals surface area contributed by atoms with E-state index in [0.717, 1.165) is 5.56 Å². The zero-order valence-corrected chi connectivity index (χ0v) is 10.1. The van der Waals surface area contributed by atoms with Crippen LogP contribution in [0.15, 0.2) is 18.2 Å². The van der Waals surface area contributed by atoms with Gasteiger partial charge in [-0.25, -0.2) is 0 Å². The van der Waals surface area contributed by atoms with Crippen molar-refractivity contribution >= 4 is 0 Å². The number of benzene rings is 1. The molecule has 1 rings (SSSR count). The van der Waals surface area contributed by atoms with E-state index >= 15 is 0 Å². The van der Waals surface area contributed by atoms with E-state index < -0.39 is 12.2 Å². The van der Waals surface area contributed by atoms with Gasteiger partial charge in [0, 0.05) is 5.56 Å². The first-order valence-corrected chi connectivity index (χ1v) is 5.61. The fourth-order valence-electron chi connectivity index (χ4n) is 1.68. The van der Waals surface area contributed by atoms with Gasteiger partial charge in [0.2, 0.25) is 0 Å². The summed E-state index contributed by atoms with van der Waals surface area (Å²) in [6.07, 6.45) is -1.44. The van der Waals surface area contributed by atoms with Gasteiger partial charge in [-0.2, -0.15) is 5.26 Å². The van der Waals surface area contributed by atoms with E-state index in [9.17, 15) is 10.2 Å². The zero-order chi connectivity index (χ0) is 12.8. The second-order valence-corrected chi connectivity index (χ2v) is 4.11. The van der Waals surface area contributed by atoms with Crippen LogP contribution in [0.25, 0.3) is 0 Å². The quantitative estimate of drug-likeness (QED) is 0.706. The van der Waals surface area contributed by atoms with E-state index in [1.54, 1.807) is 19.2 Å². The van der Waals surface area contributed by atoms with Gasteiger partial charge in [-0.1, -0.05) is 12.1 Å². The molecule has 4 nitrogen and oxygen atoms in total. The maximum atomic E-state index is 9.99. The first-order valence-electron chi connectivity index (χ1n) is 5.61. The van der Waals surface area contributed by atoms with Gasteiger partial charge in [0.25, 0.3) is 0 Å². The maximum absolute atomic E-state index is 9.99. The maximum Gasteiger partial charge on any atom is 0.106 e. The Morgan fingerprint density at radius 1 is 1.41 bits per heavy atom.